The molecule has 0 aromatic heterocycles. The predicted octanol–water partition coefficient (Wildman–Crippen LogP) is 6.21. The standard InChI is InChI=1S/C22H40NO4P/c1-9-21(3,4)18-13-14-20(19(17-18)22(5,6)10-2)27-16-12-11-15-23-28(24,25-7)26-8/h13-14,17H,9-12,15-16H2,1-8H3,(H,23,24). The van der Waals surface area contributed by atoms with Crippen LogP contribution in [0.3, 0.4) is 0 Å². The van der Waals surface area contributed by atoms with Gasteiger partial charge < -0.3 is 13.8 Å². The molecular formula is C22H40NO4P. The third kappa shape index (κ3) is 6.88. The number of hydrogen-bond donors (Lipinski definition) is 1. The quantitative estimate of drug-likeness (QED) is 0.308. The molecule has 0 aliphatic rings. The van der Waals surface area contributed by atoms with Crippen LogP contribution in [0.5, 0.6) is 5.75 Å². The summed E-state index contributed by atoms with van der Waals surface area (Å²) in [6.45, 7) is 14.7. The summed E-state index contributed by atoms with van der Waals surface area (Å²) in [5.41, 5.74) is 2.84. The molecule has 0 heterocycles. The molecule has 162 valence electrons. The highest BCUT2D eigenvalue weighted by Crippen LogP contribution is 2.41. The van der Waals surface area contributed by atoms with E-state index in [1.54, 1.807) is 0 Å². The monoisotopic (exact) mass is 413 g/mol. The first-order valence-electron chi connectivity index (χ1n) is 10.3. The molecule has 0 aliphatic carbocycles. The molecule has 0 atom stereocenters. The van der Waals surface area contributed by atoms with Crippen molar-refractivity contribution in [2.45, 2.75) is 78.1 Å². The van der Waals surface area contributed by atoms with Crippen molar-refractivity contribution < 1.29 is 18.3 Å². The average molecular weight is 414 g/mol. The first-order valence-corrected chi connectivity index (χ1v) is 11.8. The maximum Gasteiger partial charge on any atom is 0.404 e. The van der Waals surface area contributed by atoms with Crippen LogP contribution in [0.2, 0.25) is 0 Å². The molecule has 28 heavy (non-hydrogen) atoms. The van der Waals surface area contributed by atoms with Crippen molar-refractivity contribution in [3.8, 4) is 5.75 Å². The molecule has 1 aromatic carbocycles. The van der Waals surface area contributed by atoms with Gasteiger partial charge in [0.15, 0.2) is 0 Å². The molecule has 0 spiro atoms. The molecule has 0 saturated carbocycles. The number of rotatable bonds is 13. The van der Waals surface area contributed by atoms with Gasteiger partial charge >= 0.3 is 7.75 Å². The van der Waals surface area contributed by atoms with Gasteiger partial charge in [0.05, 0.1) is 6.61 Å². The van der Waals surface area contributed by atoms with Crippen LogP contribution in [0.4, 0.5) is 0 Å². The topological polar surface area (TPSA) is 56.8 Å². The van der Waals surface area contributed by atoms with E-state index >= 15 is 0 Å². The average Bonchev–Trinajstić information content (AvgIpc) is 2.70. The van der Waals surface area contributed by atoms with Crippen LogP contribution in [0.15, 0.2) is 18.2 Å². The van der Waals surface area contributed by atoms with Crippen LogP contribution < -0.4 is 9.82 Å². The van der Waals surface area contributed by atoms with Crippen molar-refractivity contribution in [2.24, 2.45) is 0 Å². The molecule has 5 nitrogen and oxygen atoms in total. The minimum Gasteiger partial charge on any atom is -0.493 e. The zero-order valence-corrected chi connectivity index (χ0v) is 19.9. The van der Waals surface area contributed by atoms with Crippen LogP contribution in [0, 0.1) is 0 Å². The fraction of sp³-hybridized carbons (Fsp3) is 0.727. The second-order valence-electron chi connectivity index (χ2n) is 8.51. The van der Waals surface area contributed by atoms with E-state index in [0.717, 1.165) is 31.4 Å². The Morgan fingerprint density at radius 3 is 2.11 bits per heavy atom. The van der Waals surface area contributed by atoms with E-state index in [2.05, 4.69) is 64.8 Å². The molecule has 1 aromatic rings. The molecule has 0 saturated heterocycles. The third-order valence-electron chi connectivity index (χ3n) is 5.87. The van der Waals surface area contributed by atoms with Crippen LogP contribution >= 0.6 is 7.75 Å². The normalized spacial score (nSPS) is 13.0. The summed E-state index contributed by atoms with van der Waals surface area (Å²) in [6, 6.07) is 6.65. The Hall–Kier alpha value is -0.870. The van der Waals surface area contributed by atoms with E-state index in [9.17, 15) is 4.57 Å². The van der Waals surface area contributed by atoms with Gasteiger partial charge in [-0.15, -0.1) is 0 Å². The van der Waals surface area contributed by atoms with E-state index in [4.69, 9.17) is 13.8 Å². The Kier molecular flexibility index (Phi) is 9.69. The van der Waals surface area contributed by atoms with Crippen molar-refractivity contribution in [2.75, 3.05) is 27.4 Å². The van der Waals surface area contributed by atoms with Crippen LogP contribution in [0.25, 0.3) is 0 Å². The number of hydrogen-bond acceptors (Lipinski definition) is 4. The molecule has 1 N–H and O–H groups in total. The van der Waals surface area contributed by atoms with E-state index in [0.29, 0.717) is 13.2 Å². The molecule has 0 radical (unpaired) electrons. The Bertz CT molecular complexity index is 650. The number of unbranched alkanes of at least 4 members (excludes halogenated alkanes) is 1. The smallest absolute Gasteiger partial charge is 0.404 e. The number of nitrogens with one attached hydrogen (secondary N) is 1. The summed E-state index contributed by atoms with van der Waals surface area (Å²) in [5.74, 6) is 0.968. The summed E-state index contributed by atoms with van der Waals surface area (Å²) in [7, 11) is -0.386. The van der Waals surface area contributed by atoms with E-state index in [1.807, 2.05) is 0 Å². The second kappa shape index (κ2) is 10.8. The first kappa shape index (κ1) is 25.2. The van der Waals surface area contributed by atoms with Crippen molar-refractivity contribution in [3.63, 3.8) is 0 Å². The Morgan fingerprint density at radius 2 is 1.57 bits per heavy atom. The third-order valence-corrected chi connectivity index (χ3v) is 7.45. The highest BCUT2D eigenvalue weighted by atomic mass is 31.2. The second-order valence-corrected chi connectivity index (χ2v) is 10.6. The van der Waals surface area contributed by atoms with E-state index < -0.39 is 7.75 Å². The van der Waals surface area contributed by atoms with Gasteiger partial charge in [0.2, 0.25) is 0 Å². The summed E-state index contributed by atoms with van der Waals surface area (Å²) in [6.07, 6.45) is 3.82. The highest BCUT2D eigenvalue weighted by molar-refractivity contribution is 7.51. The van der Waals surface area contributed by atoms with Crippen LogP contribution in [-0.4, -0.2) is 27.4 Å². The molecule has 0 fully saturated rings. The summed E-state index contributed by atoms with van der Waals surface area (Å²) in [4.78, 5) is 0. The molecule has 0 unspecified atom stereocenters. The fourth-order valence-electron chi connectivity index (χ4n) is 2.83. The van der Waals surface area contributed by atoms with Gasteiger partial charge in [-0.05, 0) is 48.1 Å². The minimum absolute atomic E-state index is 0.0558. The zero-order valence-electron chi connectivity index (χ0n) is 19.1. The molecule has 0 aliphatic heterocycles. The Balaban J connectivity index is 2.76. The number of benzene rings is 1. The van der Waals surface area contributed by atoms with Gasteiger partial charge in [-0.25, -0.2) is 9.65 Å². The van der Waals surface area contributed by atoms with Crippen molar-refractivity contribution in [3.05, 3.63) is 29.3 Å². The molecule has 0 bridgehead atoms. The van der Waals surface area contributed by atoms with Gasteiger partial charge in [0.1, 0.15) is 5.75 Å². The van der Waals surface area contributed by atoms with Gasteiger partial charge in [-0.3, -0.25) is 0 Å². The van der Waals surface area contributed by atoms with E-state index in [-0.39, 0.29) is 10.8 Å². The lowest BCUT2D eigenvalue weighted by Crippen LogP contribution is -2.21. The number of ether oxygens (including phenoxy) is 1. The highest BCUT2D eigenvalue weighted by Gasteiger charge is 2.26. The van der Waals surface area contributed by atoms with Gasteiger partial charge in [-0.1, -0.05) is 53.7 Å². The van der Waals surface area contributed by atoms with Crippen molar-refractivity contribution in [1.29, 1.82) is 0 Å². The summed E-state index contributed by atoms with van der Waals surface area (Å²) >= 11 is 0. The van der Waals surface area contributed by atoms with E-state index in [1.165, 1.54) is 25.3 Å². The van der Waals surface area contributed by atoms with Crippen LogP contribution in [0.1, 0.15) is 78.4 Å². The largest absolute Gasteiger partial charge is 0.493 e. The van der Waals surface area contributed by atoms with Gasteiger partial charge in [0.25, 0.3) is 0 Å². The molecule has 0 amide bonds. The first-order chi connectivity index (χ1) is 13.0. The SMILES string of the molecule is CCC(C)(C)c1ccc(OCCCCNP(=O)(OC)OC)c(C(C)(C)CC)c1. The summed E-state index contributed by atoms with van der Waals surface area (Å²) in [5, 5.41) is 2.82. The predicted molar refractivity (Wildman–Crippen MR) is 117 cm³/mol. The zero-order chi connectivity index (χ0) is 21.4. The Morgan fingerprint density at radius 1 is 0.964 bits per heavy atom. The molecule has 1 rings (SSSR count). The van der Waals surface area contributed by atoms with Crippen molar-refractivity contribution in [1.82, 2.24) is 5.09 Å². The minimum atomic E-state index is -3.14. The summed E-state index contributed by atoms with van der Waals surface area (Å²) < 4.78 is 27.8. The molecular weight excluding hydrogens is 373 g/mol. The fourth-order valence-corrected chi connectivity index (χ4v) is 3.67. The van der Waals surface area contributed by atoms with Crippen molar-refractivity contribution >= 4 is 7.75 Å². The molecule has 6 heteroatoms. The lowest BCUT2D eigenvalue weighted by molar-refractivity contribution is 0.262. The van der Waals surface area contributed by atoms with Gasteiger partial charge in [-0.2, -0.15) is 0 Å². The maximum atomic E-state index is 11.9. The lowest BCUT2D eigenvalue weighted by Gasteiger charge is -2.30. The maximum absolute atomic E-state index is 11.9. The van der Waals surface area contributed by atoms with Gasteiger partial charge in [0, 0.05) is 26.3 Å². The lowest BCUT2D eigenvalue weighted by atomic mass is 9.76. The van der Waals surface area contributed by atoms with Crippen LogP contribution in [-0.2, 0) is 24.4 Å². The Labute approximate surface area is 172 Å².